The molecule has 6 heteroatoms. The van der Waals surface area contributed by atoms with Gasteiger partial charge in [-0.1, -0.05) is 0 Å². The van der Waals surface area contributed by atoms with Gasteiger partial charge >= 0.3 is 0 Å². The van der Waals surface area contributed by atoms with E-state index in [0.29, 0.717) is 10.8 Å². The van der Waals surface area contributed by atoms with Gasteiger partial charge in [-0.25, -0.2) is 4.98 Å². The van der Waals surface area contributed by atoms with Crippen molar-refractivity contribution in [3.05, 3.63) is 23.2 Å². The van der Waals surface area contributed by atoms with Crippen LogP contribution in [0.1, 0.15) is 23.6 Å². The van der Waals surface area contributed by atoms with Gasteiger partial charge in [0.05, 0.1) is 29.5 Å². The molecule has 1 heterocycles. The van der Waals surface area contributed by atoms with Crippen LogP contribution in [0.3, 0.4) is 0 Å². The van der Waals surface area contributed by atoms with Gasteiger partial charge < -0.3 is 15.2 Å². The first-order valence-electron chi connectivity index (χ1n) is 5.83. The highest BCUT2D eigenvalue weighted by Gasteiger charge is 2.22. The van der Waals surface area contributed by atoms with Gasteiger partial charge in [-0.15, -0.1) is 11.3 Å². The third-order valence-corrected chi connectivity index (χ3v) is 3.67. The quantitative estimate of drug-likeness (QED) is 0.896. The highest BCUT2D eigenvalue weighted by Crippen LogP contribution is 2.26. The van der Waals surface area contributed by atoms with Crippen molar-refractivity contribution < 1.29 is 14.6 Å². The molecule has 0 aliphatic heterocycles. The van der Waals surface area contributed by atoms with E-state index in [1.54, 1.807) is 27.0 Å². The predicted octanol–water partition coefficient (Wildman–Crippen LogP) is 1.81. The first-order chi connectivity index (χ1) is 8.95. The molecule has 0 unspecified atom stereocenters. The largest absolute Gasteiger partial charge is 0.497 e. The zero-order valence-electron chi connectivity index (χ0n) is 11.1. The molecule has 0 saturated heterocycles. The number of carbonyl (C=O) groups excluding carboxylic acids is 1. The van der Waals surface area contributed by atoms with Gasteiger partial charge in [0.25, 0.3) is 5.91 Å². The van der Waals surface area contributed by atoms with Gasteiger partial charge in [-0.05, 0) is 26.0 Å². The van der Waals surface area contributed by atoms with Gasteiger partial charge in [0.15, 0.2) is 5.01 Å². The second-order valence-corrected chi connectivity index (χ2v) is 5.88. The number of aliphatic hydroxyl groups is 1. The molecule has 1 amide bonds. The van der Waals surface area contributed by atoms with E-state index in [0.717, 1.165) is 10.2 Å². The molecule has 5 nitrogen and oxygen atoms in total. The van der Waals surface area contributed by atoms with Crippen LogP contribution in [0.2, 0.25) is 0 Å². The summed E-state index contributed by atoms with van der Waals surface area (Å²) < 4.78 is 6.04. The minimum absolute atomic E-state index is 0.128. The van der Waals surface area contributed by atoms with Gasteiger partial charge in [0, 0.05) is 6.07 Å². The Morgan fingerprint density at radius 1 is 1.53 bits per heavy atom. The number of aliphatic hydroxyl groups excluding tert-OH is 1. The van der Waals surface area contributed by atoms with Gasteiger partial charge in [0.2, 0.25) is 0 Å². The van der Waals surface area contributed by atoms with E-state index in [9.17, 15) is 4.79 Å². The zero-order valence-corrected chi connectivity index (χ0v) is 11.9. The van der Waals surface area contributed by atoms with Crippen LogP contribution in [0.4, 0.5) is 0 Å². The summed E-state index contributed by atoms with van der Waals surface area (Å²) in [5.41, 5.74) is 0.0726. The van der Waals surface area contributed by atoms with Crippen LogP contribution in [0.15, 0.2) is 18.2 Å². The Morgan fingerprint density at radius 2 is 2.26 bits per heavy atom. The number of hydrogen-bond acceptors (Lipinski definition) is 5. The predicted molar refractivity (Wildman–Crippen MR) is 74.8 cm³/mol. The number of methoxy groups -OCH3 is 1. The third-order valence-electron chi connectivity index (χ3n) is 2.64. The van der Waals surface area contributed by atoms with Crippen LogP contribution in [0.5, 0.6) is 5.75 Å². The van der Waals surface area contributed by atoms with Crippen molar-refractivity contribution in [1.29, 1.82) is 0 Å². The number of aromatic nitrogens is 1. The molecule has 2 aromatic rings. The van der Waals surface area contributed by atoms with E-state index in [2.05, 4.69) is 10.3 Å². The lowest BCUT2D eigenvalue weighted by Gasteiger charge is -2.22. The summed E-state index contributed by atoms with van der Waals surface area (Å²) in [6.07, 6.45) is 0. The van der Waals surface area contributed by atoms with Gasteiger partial charge in [-0.2, -0.15) is 0 Å². The SMILES string of the molecule is COc1ccc2sc(C(=O)NC(C)(C)CO)nc2c1. The van der Waals surface area contributed by atoms with E-state index in [1.807, 2.05) is 12.1 Å². The second kappa shape index (κ2) is 5.14. The van der Waals surface area contributed by atoms with Crippen molar-refractivity contribution in [3.63, 3.8) is 0 Å². The number of nitrogens with zero attached hydrogens (tertiary/aromatic N) is 1. The van der Waals surface area contributed by atoms with E-state index >= 15 is 0 Å². The van der Waals surface area contributed by atoms with Crippen molar-refractivity contribution in [2.24, 2.45) is 0 Å². The summed E-state index contributed by atoms with van der Waals surface area (Å²) in [7, 11) is 1.59. The van der Waals surface area contributed by atoms with Crippen LogP contribution in [0, 0.1) is 0 Å². The summed E-state index contributed by atoms with van der Waals surface area (Å²) in [4.78, 5) is 16.3. The molecule has 0 aliphatic carbocycles. The Hall–Kier alpha value is -1.66. The highest BCUT2D eigenvalue weighted by molar-refractivity contribution is 7.20. The monoisotopic (exact) mass is 280 g/mol. The Labute approximate surface area is 115 Å². The van der Waals surface area contributed by atoms with Crippen molar-refractivity contribution in [2.75, 3.05) is 13.7 Å². The van der Waals surface area contributed by atoms with E-state index < -0.39 is 5.54 Å². The lowest BCUT2D eigenvalue weighted by atomic mass is 10.1. The molecule has 2 rings (SSSR count). The van der Waals surface area contributed by atoms with Crippen LogP contribution >= 0.6 is 11.3 Å². The van der Waals surface area contributed by atoms with Crippen LogP contribution in [-0.2, 0) is 0 Å². The number of thiazole rings is 1. The summed E-state index contributed by atoms with van der Waals surface area (Å²) in [6, 6.07) is 5.50. The minimum atomic E-state index is -0.660. The molecule has 0 atom stereocenters. The maximum absolute atomic E-state index is 12.0. The topological polar surface area (TPSA) is 71.5 Å². The molecule has 0 radical (unpaired) electrons. The molecule has 1 aromatic carbocycles. The van der Waals surface area contributed by atoms with Crippen molar-refractivity contribution in [2.45, 2.75) is 19.4 Å². The smallest absolute Gasteiger partial charge is 0.280 e. The molecule has 0 saturated carbocycles. The fraction of sp³-hybridized carbons (Fsp3) is 0.385. The van der Waals surface area contributed by atoms with Crippen LogP contribution < -0.4 is 10.1 Å². The highest BCUT2D eigenvalue weighted by atomic mass is 32.1. The standard InChI is InChI=1S/C13H16N2O3S/c1-13(2,7-16)15-11(17)12-14-9-6-8(18-3)4-5-10(9)19-12/h4-6,16H,7H2,1-3H3,(H,15,17). The molecule has 102 valence electrons. The normalized spacial score (nSPS) is 11.6. The maximum Gasteiger partial charge on any atom is 0.280 e. The zero-order chi connectivity index (χ0) is 14.0. The Kier molecular flexibility index (Phi) is 3.73. The number of rotatable bonds is 4. The van der Waals surface area contributed by atoms with E-state index in [1.165, 1.54) is 11.3 Å². The van der Waals surface area contributed by atoms with Crippen LogP contribution in [0.25, 0.3) is 10.2 Å². The summed E-state index contributed by atoms with van der Waals surface area (Å²) in [5.74, 6) is 0.430. The Bertz CT molecular complexity index is 607. The van der Waals surface area contributed by atoms with Gasteiger partial charge in [-0.3, -0.25) is 4.79 Å². The fourth-order valence-corrected chi connectivity index (χ4v) is 2.37. The molecular formula is C13H16N2O3S. The lowest BCUT2D eigenvalue weighted by molar-refractivity contribution is 0.0869. The fourth-order valence-electron chi connectivity index (χ4n) is 1.53. The number of ether oxygens (including phenoxy) is 1. The molecule has 1 aromatic heterocycles. The molecule has 2 N–H and O–H groups in total. The minimum Gasteiger partial charge on any atom is -0.497 e. The maximum atomic E-state index is 12.0. The number of amides is 1. The molecule has 19 heavy (non-hydrogen) atoms. The number of carbonyl (C=O) groups is 1. The van der Waals surface area contributed by atoms with E-state index in [-0.39, 0.29) is 12.5 Å². The first kappa shape index (κ1) is 13.8. The first-order valence-corrected chi connectivity index (χ1v) is 6.65. The van der Waals surface area contributed by atoms with Crippen molar-refractivity contribution >= 4 is 27.5 Å². The number of fused-ring (bicyclic) bond motifs is 1. The lowest BCUT2D eigenvalue weighted by Crippen LogP contribution is -2.46. The molecule has 0 bridgehead atoms. The summed E-state index contributed by atoms with van der Waals surface area (Å²) in [5, 5.41) is 12.3. The van der Waals surface area contributed by atoms with Crippen molar-refractivity contribution in [3.8, 4) is 5.75 Å². The molecular weight excluding hydrogens is 264 g/mol. The number of benzene rings is 1. The Morgan fingerprint density at radius 3 is 2.89 bits per heavy atom. The average Bonchev–Trinajstić information content (AvgIpc) is 2.81. The molecule has 0 fully saturated rings. The second-order valence-electron chi connectivity index (χ2n) is 4.85. The summed E-state index contributed by atoms with van der Waals surface area (Å²) >= 11 is 1.32. The van der Waals surface area contributed by atoms with E-state index in [4.69, 9.17) is 9.84 Å². The molecule has 0 spiro atoms. The number of hydrogen-bond donors (Lipinski definition) is 2. The Balaban J connectivity index is 2.28. The van der Waals surface area contributed by atoms with Gasteiger partial charge in [0.1, 0.15) is 5.75 Å². The third kappa shape index (κ3) is 3.02. The van der Waals surface area contributed by atoms with Crippen molar-refractivity contribution in [1.82, 2.24) is 10.3 Å². The molecule has 0 aliphatic rings. The summed E-state index contributed by atoms with van der Waals surface area (Å²) in [6.45, 7) is 3.37. The number of nitrogens with one attached hydrogen (secondary N) is 1. The van der Waals surface area contributed by atoms with Crippen LogP contribution in [-0.4, -0.2) is 35.3 Å². The average molecular weight is 280 g/mol.